The monoisotopic (exact) mass is 247 g/mol. The van der Waals surface area contributed by atoms with Gasteiger partial charge in [0.15, 0.2) is 0 Å². The molecule has 2 unspecified atom stereocenters. The fraction of sp³-hybridized carbons (Fsp3) is 0.625. The van der Waals surface area contributed by atoms with Gasteiger partial charge in [0.05, 0.1) is 6.10 Å². The SMILES string of the molecule is CC(C)Oc1ccc(NC2CCCCC2C)cc1. The highest BCUT2D eigenvalue weighted by Crippen LogP contribution is 2.27. The van der Waals surface area contributed by atoms with Gasteiger partial charge in [-0.25, -0.2) is 0 Å². The molecular weight excluding hydrogens is 222 g/mol. The first-order valence-corrected chi connectivity index (χ1v) is 7.18. The summed E-state index contributed by atoms with van der Waals surface area (Å²) in [7, 11) is 0. The lowest BCUT2D eigenvalue weighted by Gasteiger charge is -2.30. The molecule has 1 aromatic rings. The maximum Gasteiger partial charge on any atom is 0.119 e. The predicted molar refractivity (Wildman–Crippen MR) is 77.2 cm³/mol. The fourth-order valence-electron chi connectivity index (χ4n) is 2.65. The number of rotatable bonds is 4. The molecule has 1 fully saturated rings. The number of hydrogen-bond acceptors (Lipinski definition) is 2. The quantitative estimate of drug-likeness (QED) is 0.848. The summed E-state index contributed by atoms with van der Waals surface area (Å²) in [4.78, 5) is 0. The molecule has 2 nitrogen and oxygen atoms in total. The third kappa shape index (κ3) is 3.66. The Labute approximate surface area is 111 Å². The van der Waals surface area contributed by atoms with Crippen LogP contribution in [0.15, 0.2) is 24.3 Å². The summed E-state index contributed by atoms with van der Waals surface area (Å²) in [6, 6.07) is 8.99. The molecule has 2 atom stereocenters. The molecule has 0 amide bonds. The Balaban J connectivity index is 1.93. The summed E-state index contributed by atoms with van der Waals surface area (Å²) >= 11 is 0. The van der Waals surface area contributed by atoms with E-state index in [9.17, 15) is 0 Å². The molecule has 1 aliphatic carbocycles. The Bertz CT molecular complexity index is 358. The molecule has 0 saturated heterocycles. The van der Waals surface area contributed by atoms with E-state index in [2.05, 4.69) is 50.4 Å². The molecule has 0 aliphatic heterocycles. The summed E-state index contributed by atoms with van der Waals surface area (Å²) in [6.45, 7) is 6.46. The molecule has 18 heavy (non-hydrogen) atoms. The minimum Gasteiger partial charge on any atom is -0.491 e. The molecule has 0 radical (unpaired) electrons. The number of ether oxygens (including phenoxy) is 1. The van der Waals surface area contributed by atoms with Gasteiger partial charge >= 0.3 is 0 Å². The smallest absolute Gasteiger partial charge is 0.119 e. The second-order valence-electron chi connectivity index (χ2n) is 5.70. The molecule has 2 heteroatoms. The van der Waals surface area contributed by atoms with Crippen LogP contribution in [0.2, 0.25) is 0 Å². The van der Waals surface area contributed by atoms with Crippen LogP contribution in [0.25, 0.3) is 0 Å². The van der Waals surface area contributed by atoms with E-state index in [0.29, 0.717) is 6.04 Å². The Morgan fingerprint density at radius 2 is 1.78 bits per heavy atom. The summed E-state index contributed by atoms with van der Waals surface area (Å²) in [5, 5.41) is 3.66. The van der Waals surface area contributed by atoms with Gasteiger partial charge < -0.3 is 10.1 Å². The first-order chi connectivity index (χ1) is 8.65. The van der Waals surface area contributed by atoms with E-state index in [1.807, 2.05) is 0 Å². The Morgan fingerprint density at radius 3 is 2.39 bits per heavy atom. The second kappa shape index (κ2) is 6.12. The highest BCUT2D eigenvalue weighted by atomic mass is 16.5. The van der Waals surface area contributed by atoms with Crippen LogP contribution in [0.5, 0.6) is 5.75 Å². The van der Waals surface area contributed by atoms with Crippen molar-refractivity contribution in [1.29, 1.82) is 0 Å². The van der Waals surface area contributed by atoms with E-state index >= 15 is 0 Å². The van der Waals surface area contributed by atoms with Crippen LogP contribution in [0, 0.1) is 5.92 Å². The van der Waals surface area contributed by atoms with Crippen LogP contribution < -0.4 is 10.1 Å². The second-order valence-corrected chi connectivity index (χ2v) is 5.70. The Morgan fingerprint density at radius 1 is 1.11 bits per heavy atom. The third-order valence-electron chi connectivity index (χ3n) is 3.69. The van der Waals surface area contributed by atoms with E-state index < -0.39 is 0 Å². The van der Waals surface area contributed by atoms with E-state index in [-0.39, 0.29) is 6.10 Å². The van der Waals surface area contributed by atoms with Crippen molar-refractivity contribution >= 4 is 5.69 Å². The first kappa shape index (κ1) is 13.3. The van der Waals surface area contributed by atoms with E-state index in [1.165, 1.54) is 31.4 Å². The van der Waals surface area contributed by atoms with E-state index in [0.717, 1.165) is 11.7 Å². The number of nitrogens with one attached hydrogen (secondary N) is 1. The van der Waals surface area contributed by atoms with Crippen molar-refractivity contribution in [2.45, 2.75) is 58.6 Å². The molecule has 0 heterocycles. The molecule has 0 bridgehead atoms. The zero-order chi connectivity index (χ0) is 13.0. The third-order valence-corrected chi connectivity index (χ3v) is 3.69. The van der Waals surface area contributed by atoms with Crippen molar-refractivity contribution in [3.63, 3.8) is 0 Å². The van der Waals surface area contributed by atoms with Crippen molar-refractivity contribution in [3.8, 4) is 5.75 Å². The van der Waals surface area contributed by atoms with Crippen LogP contribution in [-0.4, -0.2) is 12.1 Å². The first-order valence-electron chi connectivity index (χ1n) is 7.18. The summed E-state index contributed by atoms with van der Waals surface area (Å²) < 4.78 is 5.65. The molecule has 1 saturated carbocycles. The van der Waals surface area contributed by atoms with Gasteiger partial charge in [0, 0.05) is 11.7 Å². The van der Waals surface area contributed by atoms with E-state index in [1.54, 1.807) is 0 Å². The zero-order valence-corrected chi connectivity index (χ0v) is 11.8. The molecule has 1 aromatic carbocycles. The lowest BCUT2D eigenvalue weighted by atomic mass is 9.86. The molecule has 1 N–H and O–H groups in total. The van der Waals surface area contributed by atoms with E-state index in [4.69, 9.17) is 4.74 Å². The summed E-state index contributed by atoms with van der Waals surface area (Å²) in [6.07, 6.45) is 5.64. The van der Waals surface area contributed by atoms with Gasteiger partial charge in [0.1, 0.15) is 5.75 Å². The van der Waals surface area contributed by atoms with Crippen LogP contribution >= 0.6 is 0 Å². The van der Waals surface area contributed by atoms with Crippen molar-refractivity contribution in [2.75, 3.05) is 5.32 Å². The average molecular weight is 247 g/mol. The van der Waals surface area contributed by atoms with Gasteiger partial charge in [-0.2, -0.15) is 0 Å². The van der Waals surface area contributed by atoms with Crippen molar-refractivity contribution in [2.24, 2.45) is 5.92 Å². The Hall–Kier alpha value is -1.18. The molecule has 0 spiro atoms. The van der Waals surface area contributed by atoms with Crippen molar-refractivity contribution < 1.29 is 4.74 Å². The van der Waals surface area contributed by atoms with Gasteiger partial charge in [-0.3, -0.25) is 0 Å². The largest absolute Gasteiger partial charge is 0.491 e. The Kier molecular flexibility index (Phi) is 4.51. The van der Waals surface area contributed by atoms with Crippen molar-refractivity contribution in [1.82, 2.24) is 0 Å². The predicted octanol–water partition coefficient (Wildman–Crippen LogP) is 4.46. The van der Waals surface area contributed by atoms with Gasteiger partial charge in [0.25, 0.3) is 0 Å². The zero-order valence-electron chi connectivity index (χ0n) is 11.8. The van der Waals surface area contributed by atoms with Crippen molar-refractivity contribution in [3.05, 3.63) is 24.3 Å². The lowest BCUT2D eigenvalue weighted by molar-refractivity contribution is 0.242. The maximum atomic E-state index is 5.65. The van der Waals surface area contributed by atoms with Crippen LogP contribution in [0.3, 0.4) is 0 Å². The molecule has 100 valence electrons. The topological polar surface area (TPSA) is 21.3 Å². The highest BCUT2D eigenvalue weighted by molar-refractivity contribution is 5.47. The number of anilines is 1. The highest BCUT2D eigenvalue weighted by Gasteiger charge is 2.20. The summed E-state index contributed by atoms with van der Waals surface area (Å²) in [5.41, 5.74) is 1.21. The minimum atomic E-state index is 0.238. The number of hydrogen-bond donors (Lipinski definition) is 1. The van der Waals surface area contributed by atoms with Crippen LogP contribution in [-0.2, 0) is 0 Å². The normalized spacial score (nSPS) is 24.0. The molecule has 0 aromatic heterocycles. The standard InChI is InChI=1S/C16H25NO/c1-12(2)18-15-10-8-14(9-11-15)17-16-7-5-4-6-13(16)3/h8-13,16-17H,4-7H2,1-3H3. The van der Waals surface area contributed by atoms with Gasteiger partial charge in [0.2, 0.25) is 0 Å². The minimum absolute atomic E-state index is 0.238. The summed E-state index contributed by atoms with van der Waals surface area (Å²) in [5.74, 6) is 1.73. The van der Waals surface area contributed by atoms with Gasteiger partial charge in [-0.1, -0.05) is 19.8 Å². The lowest BCUT2D eigenvalue weighted by Crippen LogP contribution is -2.30. The molecule has 1 aliphatic rings. The number of benzene rings is 1. The van der Waals surface area contributed by atoms with Gasteiger partial charge in [-0.15, -0.1) is 0 Å². The molecule has 2 rings (SSSR count). The maximum absolute atomic E-state index is 5.65. The van der Waals surface area contributed by atoms with Gasteiger partial charge in [-0.05, 0) is 56.9 Å². The average Bonchev–Trinajstić information content (AvgIpc) is 2.34. The van der Waals surface area contributed by atoms with Crippen LogP contribution in [0.1, 0.15) is 46.5 Å². The fourth-order valence-corrected chi connectivity index (χ4v) is 2.65. The molecular formula is C16H25NO. The van der Waals surface area contributed by atoms with Crippen LogP contribution in [0.4, 0.5) is 5.69 Å².